The number of nitrogens with zero attached hydrogens (tertiary/aromatic N) is 3. The van der Waals surface area contributed by atoms with Crippen LogP contribution >= 0.6 is 11.6 Å². The summed E-state index contributed by atoms with van der Waals surface area (Å²) in [7, 11) is 0. The predicted molar refractivity (Wildman–Crippen MR) is 86.6 cm³/mol. The molecule has 0 unspecified atom stereocenters. The molecule has 9 heteroatoms. The van der Waals surface area contributed by atoms with Crippen molar-refractivity contribution in [1.82, 2.24) is 15.1 Å². The van der Waals surface area contributed by atoms with E-state index < -0.39 is 23.3 Å². The molecule has 0 radical (unpaired) electrons. The van der Waals surface area contributed by atoms with Gasteiger partial charge in [0, 0.05) is 6.54 Å². The highest BCUT2D eigenvalue weighted by atomic mass is 35.5. The lowest BCUT2D eigenvalue weighted by atomic mass is 9.94. The molecular weight excluding hydrogens is 339 g/mol. The number of ether oxygens (including phenoxy) is 1. The number of carbonyl (C=O) groups excluding carboxylic acids is 2. The molecule has 1 aromatic heterocycles. The molecule has 24 heavy (non-hydrogen) atoms. The molecule has 1 aliphatic heterocycles. The Morgan fingerprint density at radius 3 is 2.67 bits per heavy atom. The number of halogens is 2. The average molecular weight is 359 g/mol. The van der Waals surface area contributed by atoms with Gasteiger partial charge >= 0.3 is 6.09 Å². The number of hydrogen-bond acceptors (Lipinski definition) is 5. The minimum atomic E-state index is -2.21. The third-order valence-electron chi connectivity index (χ3n) is 3.37. The molecule has 0 bridgehead atoms. The maximum atomic E-state index is 15.0. The monoisotopic (exact) mass is 358 g/mol. The summed E-state index contributed by atoms with van der Waals surface area (Å²) in [5, 5.41) is 9.76. The van der Waals surface area contributed by atoms with Gasteiger partial charge in [0.1, 0.15) is 5.60 Å². The summed E-state index contributed by atoms with van der Waals surface area (Å²) in [5.74, 6) is -0.775. The largest absolute Gasteiger partial charge is 0.444 e. The highest BCUT2D eigenvalue weighted by Gasteiger charge is 2.45. The zero-order valence-corrected chi connectivity index (χ0v) is 14.6. The van der Waals surface area contributed by atoms with E-state index in [4.69, 9.17) is 16.3 Å². The molecule has 0 spiro atoms. The molecule has 0 aromatic carbocycles. The van der Waals surface area contributed by atoms with Crippen LogP contribution in [0.15, 0.2) is 12.1 Å². The first-order valence-electron chi connectivity index (χ1n) is 7.57. The predicted octanol–water partition coefficient (Wildman–Crippen LogP) is 2.81. The Labute approximate surface area is 144 Å². The van der Waals surface area contributed by atoms with Gasteiger partial charge in [-0.05, 0) is 45.7 Å². The lowest BCUT2D eigenvalue weighted by molar-refractivity contribution is -0.130. The molecule has 7 nitrogen and oxygen atoms in total. The van der Waals surface area contributed by atoms with Crippen molar-refractivity contribution in [3.05, 3.63) is 17.3 Å². The van der Waals surface area contributed by atoms with E-state index in [1.54, 1.807) is 20.8 Å². The molecule has 1 N–H and O–H groups in total. The average Bonchev–Trinajstić information content (AvgIpc) is 2.48. The van der Waals surface area contributed by atoms with Crippen LogP contribution in [0.3, 0.4) is 0 Å². The number of piperidine rings is 1. The molecule has 1 saturated heterocycles. The van der Waals surface area contributed by atoms with Crippen LogP contribution < -0.4 is 5.32 Å². The third kappa shape index (κ3) is 4.77. The minimum Gasteiger partial charge on any atom is -0.444 e. The van der Waals surface area contributed by atoms with Gasteiger partial charge in [0.15, 0.2) is 11.0 Å². The molecular formula is C15H20ClFN4O3. The Balaban J connectivity index is 2.03. The second kappa shape index (κ2) is 6.88. The Morgan fingerprint density at radius 2 is 2.08 bits per heavy atom. The van der Waals surface area contributed by atoms with Crippen molar-refractivity contribution in [2.45, 2.75) is 44.9 Å². The smallest absolute Gasteiger partial charge is 0.410 e. The summed E-state index contributed by atoms with van der Waals surface area (Å²) in [6.07, 6.45) is -0.266. The molecule has 2 rings (SSSR count). The van der Waals surface area contributed by atoms with Crippen LogP contribution in [0.5, 0.6) is 0 Å². The number of alkyl halides is 1. The number of carbonyl (C=O) groups is 2. The third-order valence-corrected chi connectivity index (χ3v) is 3.58. The maximum absolute atomic E-state index is 15.0. The van der Waals surface area contributed by atoms with Crippen molar-refractivity contribution in [2.75, 3.05) is 18.4 Å². The van der Waals surface area contributed by atoms with Gasteiger partial charge in [-0.3, -0.25) is 4.79 Å². The first-order chi connectivity index (χ1) is 11.1. The molecule has 1 aromatic rings. The standard InChI is InChI=1S/C15H20ClFN4O3/c1-14(2,3)24-13(23)21-8-4-7-15(17,9-21)12(22)18-11-6-5-10(16)19-20-11/h5-6H,4,7-9H2,1-3H3,(H,18,20,22)/t15-/m1/s1. The molecule has 132 valence electrons. The molecule has 1 aliphatic rings. The van der Waals surface area contributed by atoms with Gasteiger partial charge in [-0.2, -0.15) is 0 Å². The second-order valence-electron chi connectivity index (χ2n) is 6.67. The summed E-state index contributed by atoms with van der Waals surface area (Å²) in [5.41, 5.74) is -2.90. The summed E-state index contributed by atoms with van der Waals surface area (Å²) in [4.78, 5) is 25.6. The van der Waals surface area contributed by atoms with Crippen molar-refractivity contribution < 1.29 is 18.7 Å². The fourth-order valence-electron chi connectivity index (χ4n) is 2.29. The zero-order valence-electron chi connectivity index (χ0n) is 13.8. The molecule has 2 heterocycles. The molecule has 0 saturated carbocycles. The number of amides is 2. The molecule has 0 aliphatic carbocycles. The summed E-state index contributed by atoms with van der Waals surface area (Å²) >= 11 is 5.61. The summed E-state index contributed by atoms with van der Waals surface area (Å²) < 4.78 is 20.3. The maximum Gasteiger partial charge on any atom is 0.410 e. The van der Waals surface area contributed by atoms with Gasteiger partial charge in [-0.15, -0.1) is 10.2 Å². The SMILES string of the molecule is CC(C)(C)OC(=O)N1CCC[C@](F)(C(=O)Nc2ccc(Cl)nn2)C1. The van der Waals surface area contributed by atoms with Gasteiger partial charge in [-0.25, -0.2) is 9.18 Å². The quantitative estimate of drug-likeness (QED) is 0.878. The van der Waals surface area contributed by atoms with Crippen LogP contribution in [0.1, 0.15) is 33.6 Å². The lowest BCUT2D eigenvalue weighted by Crippen LogP contribution is -2.54. The Hall–Kier alpha value is -1.96. The number of aromatic nitrogens is 2. The van der Waals surface area contributed by atoms with Crippen molar-refractivity contribution in [2.24, 2.45) is 0 Å². The first kappa shape index (κ1) is 18.4. The Bertz CT molecular complexity index is 620. The van der Waals surface area contributed by atoms with Gasteiger partial charge in [0.2, 0.25) is 5.67 Å². The van der Waals surface area contributed by atoms with E-state index in [0.29, 0.717) is 13.0 Å². The van der Waals surface area contributed by atoms with Gasteiger partial charge < -0.3 is 15.0 Å². The summed E-state index contributed by atoms with van der Waals surface area (Å²) in [6.45, 7) is 5.15. The van der Waals surface area contributed by atoms with E-state index >= 15 is 4.39 Å². The number of nitrogens with one attached hydrogen (secondary N) is 1. The van der Waals surface area contributed by atoms with Crippen LogP contribution in [0, 0.1) is 0 Å². The van der Waals surface area contributed by atoms with Crippen LogP contribution in [-0.4, -0.2) is 51.5 Å². The van der Waals surface area contributed by atoms with Crippen LogP contribution in [-0.2, 0) is 9.53 Å². The Morgan fingerprint density at radius 1 is 1.38 bits per heavy atom. The molecule has 1 atom stereocenters. The van der Waals surface area contributed by atoms with Gasteiger partial charge in [0.05, 0.1) is 6.54 Å². The second-order valence-corrected chi connectivity index (χ2v) is 7.05. The van der Waals surface area contributed by atoms with E-state index in [1.165, 1.54) is 17.0 Å². The van der Waals surface area contributed by atoms with Crippen LogP contribution in [0.4, 0.5) is 15.0 Å². The zero-order chi connectivity index (χ0) is 18.0. The normalized spacial score (nSPS) is 21.3. The van der Waals surface area contributed by atoms with E-state index in [0.717, 1.165) is 0 Å². The molecule has 1 fully saturated rings. The van der Waals surface area contributed by atoms with Crippen LogP contribution in [0.25, 0.3) is 0 Å². The fourth-order valence-corrected chi connectivity index (χ4v) is 2.39. The van der Waals surface area contributed by atoms with Gasteiger partial charge in [-0.1, -0.05) is 11.6 Å². The van der Waals surface area contributed by atoms with Gasteiger partial charge in [0.25, 0.3) is 5.91 Å². The highest BCUT2D eigenvalue weighted by Crippen LogP contribution is 2.28. The van der Waals surface area contributed by atoms with Crippen molar-refractivity contribution in [3.8, 4) is 0 Å². The van der Waals surface area contributed by atoms with Crippen LogP contribution in [0.2, 0.25) is 5.15 Å². The van der Waals surface area contributed by atoms with E-state index in [-0.39, 0.29) is 23.9 Å². The van der Waals surface area contributed by atoms with E-state index in [1.807, 2.05) is 0 Å². The minimum absolute atomic E-state index is 0.0130. The number of rotatable bonds is 2. The van der Waals surface area contributed by atoms with Crippen molar-refractivity contribution in [3.63, 3.8) is 0 Å². The Kier molecular flexibility index (Phi) is 5.27. The number of anilines is 1. The van der Waals surface area contributed by atoms with Crippen molar-refractivity contribution >= 4 is 29.4 Å². The number of likely N-dealkylation sites (tertiary alicyclic amines) is 1. The van der Waals surface area contributed by atoms with Crippen molar-refractivity contribution in [1.29, 1.82) is 0 Å². The van der Waals surface area contributed by atoms with E-state index in [9.17, 15) is 9.59 Å². The topological polar surface area (TPSA) is 84.4 Å². The molecule has 2 amide bonds. The lowest BCUT2D eigenvalue weighted by Gasteiger charge is -2.36. The fraction of sp³-hybridized carbons (Fsp3) is 0.600. The van der Waals surface area contributed by atoms with E-state index in [2.05, 4.69) is 15.5 Å². The highest BCUT2D eigenvalue weighted by molar-refractivity contribution is 6.29. The summed E-state index contributed by atoms with van der Waals surface area (Å²) in [6, 6.07) is 2.86. The first-order valence-corrected chi connectivity index (χ1v) is 7.94. The number of hydrogen-bond donors (Lipinski definition) is 1.